The van der Waals surface area contributed by atoms with Crippen molar-refractivity contribution in [1.29, 1.82) is 0 Å². The largest absolute Gasteiger partial charge is 0.423 e. The molecule has 7 nitrogen and oxygen atoms in total. The number of anilines is 1. The first-order valence-corrected chi connectivity index (χ1v) is 11.7. The number of carbonyl (C=O) groups excluding carboxylic acids is 2. The molecule has 0 saturated heterocycles. The van der Waals surface area contributed by atoms with Crippen molar-refractivity contribution < 1.29 is 19.1 Å². The maximum atomic E-state index is 12.7. The van der Waals surface area contributed by atoms with Crippen LogP contribution in [0, 0.1) is 6.92 Å². The van der Waals surface area contributed by atoms with Gasteiger partial charge in [0.15, 0.2) is 5.11 Å². The molecule has 2 N–H and O–H groups in total. The molecule has 8 heteroatoms. The van der Waals surface area contributed by atoms with Gasteiger partial charge in [-0.3, -0.25) is 5.43 Å². The predicted octanol–water partition coefficient (Wildman–Crippen LogP) is 5.75. The van der Waals surface area contributed by atoms with Gasteiger partial charge >= 0.3 is 11.9 Å². The van der Waals surface area contributed by atoms with E-state index in [9.17, 15) is 9.59 Å². The summed E-state index contributed by atoms with van der Waals surface area (Å²) >= 11 is 5.30. The van der Waals surface area contributed by atoms with Gasteiger partial charge in [0, 0.05) is 17.3 Å². The van der Waals surface area contributed by atoms with Gasteiger partial charge in [-0.2, -0.15) is 5.10 Å². The molecule has 0 fully saturated rings. The molecule has 0 saturated carbocycles. The fraction of sp³-hybridized carbons (Fsp3) is 0.0345. The van der Waals surface area contributed by atoms with Crippen LogP contribution in [0.15, 0.2) is 108 Å². The predicted molar refractivity (Wildman–Crippen MR) is 147 cm³/mol. The first-order valence-electron chi connectivity index (χ1n) is 11.3. The van der Waals surface area contributed by atoms with Crippen LogP contribution in [0.5, 0.6) is 11.5 Å². The first-order chi connectivity index (χ1) is 18.0. The molecule has 0 aliphatic rings. The minimum atomic E-state index is -0.564. The Morgan fingerprint density at radius 2 is 1.43 bits per heavy atom. The summed E-state index contributed by atoms with van der Waals surface area (Å²) in [5, 5.41) is 7.50. The van der Waals surface area contributed by atoms with Crippen molar-refractivity contribution >= 4 is 41.2 Å². The quantitative estimate of drug-likeness (QED) is 0.108. The lowest BCUT2D eigenvalue weighted by molar-refractivity contribution is 0.0732. The molecule has 0 bridgehead atoms. The Hall–Kier alpha value is -4.82. The van der Waals surface area contributed by atoms with Crippen LogP contribution >= 0.6 is 12.2 Å². The smallest absolute Gasteiger partial charge is 0.343 e. The van der Waals surface area contributed by atoms with Gasteiger partial charge in [0.05, 0.1) is 17.3 Å². The van der Waals surface area contributed by atoms with Crippen LogP contribution in [0.1, 0.15) is 31.8 Å². The minimum absolute atomic E-state index is 0.162. The molecule has 184 valence electrons. The van der Waals surface area contributed by atoms with E-state index in [1.54, 1.807) is 66.7 Å². The fourth-order valence-electron chi connectivity index (χ4n) is 3.29. The van der Waals surface area contributed by atoms with Crippen molar-refractivity contribution in [1.82, 2.24) is 5.43 Å². The number of carbonyl (C=O) groups is 2. The van der Waals surface area contributed by atoms with E-state index in [-0.39, 0.29) is 16.6 Å². The van der Waals surface area contributed by atoms with E-state index in [0.29, 0.717) is 16.7 Å². The standard InChI is InChI=1S/C29H23N3O4S/c1-20-9-8-14-24(17-20)31-29(37)32-30-19-23-15-16-25(35-27(33)21-10-4-2-5-11-21)18-26(23)36-28(34)22-12-6-3-7-13-22/h2-19H,1H3,(H2,31,32,37). The second kappa shape index (κ2) is 12.2. The molecule has 0 amide bonds. The van der Waals surface area contributed by atoms with Crippen molar-refractivity contribution in [2.45, 2.75) is 6.92 Å². The van der Waals surface area contributed by atoms with Crippen molar-refractivity contribution in [3.63, 3.8) is 0 Å². The molecule has 0 aromatic heterocycles. The Balaban J connectivity index is 1.51. The monoisotopic (exact) mass is 509 g/mol. The van der Waals surface area contributed by atoms with Gasteiger partial charge in [-0.15, -0.1) is 0 Å². The van der Waals surface area contributed by atoms with Crippen LogP contribution < -0.4 is 20.2 Å². The van der Waals surface area contributed by atoms with Gasteiger partial charge in [-0.25, -0.2) is 9.59 Å². The Bertz CT molecular complexity index is 1440. The second-order valence-electron chi connectivity index (χ2n) is 7.90. The highest BCUT2D eigenvalue weighted by Gasteiger charge is 2.14. The Morgan fingerprint density at radius 3 is 2.08 bits per heavy atom. The molecule has 0 heterocycles. The van der Waals surface area contributed by atoms with Crippen molar-refractivity contribution in [3.8, 4) is 11.5 Å². The number of benzene rings is 4. The van der Waals surface area contributed by atoms with Gasteiger partial charge < -0.3 is 14.8 Å². The molecule has 0 aliphatic carbocycles. The highest BCUT2D eigenvalue weighted by atomic mass is 32.1. The van der Waals surface area contributed by atoms with Crippen molar-refractivity contribution in [2.75, 3.05) is 5.32 Å². The van der Waals surface area contributed by atoms with Crippen LogP contribution in [0.25, 0.3) is 0 Å². The molecule has 0 spiro atoms. The van der Waals surface area contributed by atoms with E-state index in [1.807, 2.05) is 37.3 Å². The third kappa shape index (κ3) is 7.33. The number of hydrogen-bond acceptors (Lipinski definition) is 6. The van der Waals surface area contributed by atoms with E-state index < -0.39 is 11.9 Å². The topological polar surface area (TPSA) is 89.0 Å². The SMILES string of the molecule is Cc1cccc(NC(=S)NN=Cc2ccc(OC(=O)c3ccccc3)cc2OC(=O)c2ccccc2)c1. The zero-order valence-corrected chi connectivity index (χ0v) is 20.7. The van der Waals surface area contributed by atoms with Gasteiger partial charge in [0.1, 0.15) is 11.5 Å². The number of esters is 2. The molecule has 0 aliphatic heterocycles. The van der Waals surface area contributed by atoms with Gasteiger partial charge in [0.25, 0.3) is 0 Å². The molecule has 4 aromatic rings. The maximum Gasteiger partial charge on any atom is 0.343 e. The number of thiocarbonyl (C=S) groups is 1. The Labute approximate surface area is 219 Å². The summed E-state index contributed by atoms with van der Waals surface area (Å²) in [5.41, 5.74) is 5.90. The number of rotatable bonds is 7. The normalized spacial score (nSPS) is 10.5. The Kier molecular flexibility index (Phi) is 8.36. The van der Waals surface area contributed by atoms with Crippen LogP contribution in [0.4, 0.5) is 5.69 Å². The fourth-order valence-corrected chi connectivity index (χ4v) is 3.46. The molecule has 0 atom stereocenters. The van der Waals surface area contributed by atoms with E-state index in [4.69, 9.17) is 21.7 Å². The van der Waals surface area contributed by atoms with Crippen molar-refractivity contribution in [3.05, 3.63) is 125 Å². The van der Waals surface area contributed by atoms with Gasteiger partial charge in [0.2, 0.25) is 0 Å². The summed E-state index contributed by atoms with van der Waals surface area (Å²) in [5.74, 6) is -0.718. The summed E-state index contributed by atoms with van der Waals surface area (Å²) in [6, 6.07) is 29.6. The minimum Gasteiger partial charge on any atom is -0.423 e. The van der Waals surface area contributed by atoms with E-state index in [1.165, 1.54) is 12.3 Å². The molecule has 0 radical (unpaired) electrons. The number of hydrogen-bond donors (Lipinski definition) is 2. The lowest BCUT2D eigenvalue weighted by Gasteiger charge is -2.11. The zero-order chi connectivity index (χ0) is 26.0. The molecule has 0 unspecified atom stereocenters. The van der Waals surface area contributed by atoms with E-state index in [2.05, 4.69) is 15.8 Å². The average Bonchev–Trinajstić information content (AvgIpc) is 2.91. The van der Waals surface area contributed by atoms with Crippen LogP contribution in [0.2, 0.25) is 0 Å². The Morgan fingerprint density at radius 1 is 0.784 bits per heavy atom. The second-order valence-corrected chi connectivity index (χ2v) is 8.31. The van der Waals surface area contributed by atoms with Gasteiger partial charge in [-0.1, -0.05) is 48.5 Å². The maximum absolute atomic E-state index is 12.7. The van der Waals surface area contributed by atoms with Gasteiger partial charge in [-0.05, 0) is 73.2 Å². The molecule has 37 heavy (non-hydrogen) atoms. The molecule has 4 rings (SSSR count). The van der Waals surface area contributed by atoms with E-state index >= 15 is 0 Å². The first kappa shape index (κ1) is 25.3. The number of aryl methyl sites for hydroxylation is 1. The highest BCUT2D eigenvalue weighted by Crippen LogP contribution is 2.26. The average molecular weight is 510 g/mol. The summed E-state index contributed by atoms with van der Waals surface area (Å²) in [6.07, 6.45) is 1.46. The third-order valence-electron chi connectivity index (χ3n) is 5.06. The molecule has 4 aromatic carbocycles. The summed E-state index contributed by atoms with van der Waals surface area (Å²) < 4.78 is 11.1. The number of ether oxygens (including phenoxy) is 2. The summed E-state index contributed by atoms with van der Waals surface area (Å²) in [6.45, 7) is 1.98. The number of hydrazone groups is 1. The number of nitrogens with one attached hydrogen (secondary N) is 2. The van der Waals surface area contributed by atoms with E-state index in [0.717, 1.165) is 11.3 Å². The lowest BCUT2D eigenvalue weighted by Crippen LogP contribution is -2.23. The molecular formula is C29H23N3O4S. The van der Waals surface area contributed by atoms with Crippen LogP contribution in [0.3, 0.4) is 0 Å². The number of nitrogens with zero attached hydrogens (tertiary/aromatic N) is 1. The molecular weight excluding hydrogens is 486 g/mol. The van der Waals surface area contributed by atoms with Crippen molar-refractivity contribution in [2.24, 2.45) is 5.10 Å². The third-order valence-corrected chi connectivity index (χ3v) is 5.26. The lowest BCUT2D eigenvalue weighted by atomic mass is 10.2. The summed E-state index contributed by atoms with van der Waals surface area (Å²) in [4.78, 5) is 25.2. The van der Waals surface area contributed by atoms with Crippen LogP contribution in [-0.2, 0) is 0 Å². The summed E-state index contributed by atoms with van der Waals surface area (Å²) in [7, 11) is 0. The zero-order valence-electron chi connectivity index (χ0n) is 19.9. The highest BCUT2D eigenvalue weighted by molar-refractivity contribution is 7.80. The van der Waals surface area contributed by atoms with Crippen LogP contribution in [-0.4, -0.2) is 23.3 Å².